The fourth-order valence-electron chi connectivity index (χ4n) is 7.59. The molecule has 0 amide bonds. The van der Waals surface area contributed by atoms with Gasteiger partial charge in [0, 0.05) is 58.6 Å². The molecule has 4 nitrogen and oxygen atoms in total. The van der Waals surface area contributed by atoms with Crippen LogP contribution in [0.5, 0.6) is 0 Å². The number of hydrogen-bond donors (Lipinski definition) is 2. The number of rotatable bonds is 4. The summed E-state index contributed by atoms with van der Waals surface area (Å²) in [6.07, 6.45) is 0. The van der Waals surface area contributed by atoms with Crippen molar-refractivity contribution in [3.8, 4) is 22.5 Å². The van der Waals surface area contributed by atoms with Crippen LogP contribution < -0.4 is 5.46 Å². The largest absolute Gasteiger partial charge is 0.489 e. The van der Waals surface area contributed by atoms with Crippen LogP contribution in [0.15, 0.2) is 152 Å². The molecule has 6 heteroatoms. The maximum absolute atomic E-state index is 10.6. The molecule has 0 saturated carbocycles. The van der Waals surface area contributed by atoms with Crippen LogP contribution in [0.3, 0.4) is 0 Å². The second-order valence-corrected chi connectivity index (χ2v) is 13.4. The zero-order valence-electron chi connectivity index (χ0n) is 25.7. The summed E-state index contributed by atoms with van der Waals surface area (Å²) in [5.74, 6) is 0. The number of nitrogens with zero attached hydrogens (tertiary/aromatic N) is 2. The van der Waals surface area contributed by atoms with Crippen LogP contribution in [0.25, 0.3) is 86.3 Å². The summed E-state index contributed by atoms with van der Waals surface area (Å²) < 4.78 is 6.65. The van der Waals surface area contributed by atoms with Gasteiger partial charge in [-0.05, 0) is 65.7 Å². The highest BCUT2D eigenvalue weighted by atomic mass is 32.1. The van der Waals surface area contributed by atoms with E-state index in [1.54, 1.807) is 11.3 Å². The summed E-state index contributed by atoms with van der Waals surface area (Å²) >= 11 is 1.60. The zero-order valence-corrected chi connectivity index (χ0v) is 26.5. The lowest BCUT2D eigenvalue weighted by atomic mass is 9.79. The average Bonchev–Trinajstić information content (AvgIpc) is 3.78. The first-order valence-corrected chi connectivity index (χ1v) is 16.9. The van der Waals surface area contributed by atoms with Crippen molar-refractivity contribution in [1.82, 2.24) is 9.13 Å². The van der Waals surface area contributed by atoms with Gasteiger partial charge in [0.05, 0.1) is 22.1 Å². The predicted molar refractivity (Wildman–Crippen MR) is 203 cm³/mol. The molecule has 0 aliphatic heterocycles. The molecule has 0 saturated heterocycles. The van der Waals surface area contributed by atoms with Crippen LogP contribution in [0.4, 0.5) is 0 Å². The van der Waals surface area contributed by atoms with E-state index in [1.807, 2.05) is 18.2 Å². The van der Waals surface area contributed by atoms with Gasteiger partial charge in [0.1, 0.15) is 0 Å². The van der Waals surface area contributed by atoms with Crippen molar-refractivity contribution in [3.63, 3.8) is 0 Å². The smallest absolute Gasteiger partial charge is 0.423 e. The third kappa shape index (κ3) is 3.98. The Labute approximate surface area is 280 Å². The van der Waals surface area contributed by atoms with E-state index in [1.165, 1.54) is 16.3 Å². The molecule has 7 aromatic carbocycles. The monoisotopic (exact) mass is 634 g/mol. The molecule has 3 heterocycles. The molecule has 0 spiro atoms. The van der Waals surface area contributed by atoms with Crippen molar-refractivity contribution in [2.45, 2.75) is 0 Å². The summed E-state index contributed by atoms with van der Waals surface area (Å²) in [4.78, 5) is 0. The maximum Gasteiger partial charge on any atom is 0.489 e. The molecule has 0 unspecified atom stereocenters. The van der Waals surface area contributed by atoms with Crippen LogP contribution in [0.1, 0.15) is 0 Å². The molecule has 3 aromatic heterocycles. The van der Waals surface area contributed by atoms with E-state index >= 15 is 0 Å². The quantitative estimate of drug-likeness (QED) is 0.190. The Morgan fingerprint density at radius 3 is 1.56 bits per heavy atom. The van der Waals surface area contributed by atoms with E-state index in [2.05, 4.69) is 143 Å². The standard InChI is InChI=1S/C42H27BN2O2S/c46-43(47)36-25-29(24-35-34-14-6-9-17-41(34)48-42(35)36)45-38-16-8-5-13-31(38)33-21-19-27(23-40(33)45)26-18-20-32-30-12-4-7-15-37(30)44(39(32)22-26)28-10-2-1-3-11-28/h1-25,46-47H. The summed E-state index contributed by atoms with van der Waals surface area (Å²) in [6, 6.07) is 53.5. The fourth-order valence-corrected chi connectivity index (χ4v) is 8.81. The highest BCUT2D eigenvalue weighted by Gasteiger charge is 2.22. The van der Waals surface area contributed by atoms with Crippen molar-refractivity contribution in [3.05, 3.63) is 152 Å². The van der Waals surface area contributed by atoms with Crippen LogP contribution in [-0.2, 0) is 0 Å². The molecule has 0 fully saturated rings. The summed E-state index contributed by atoms with van der Waals surface area (Å²) in [6.45, 7) is 0. The van der Waals surface area contributed by atoms with E-state index in [-0.39, 0.29) is 0 Å². The lowest BCUT2D eigenvalue weighted by molar-refractivity contribution is 0.426. The Balaban J connectivity index is 1.24. The van der Waals surface area contributed by atoms with Crippen molar-refractivity contribution in [2.24, 2.45) is 0 Å². The number of hydrogen-bond acceptors (Lipinski definition) is 3. The van der Waals surface area contributed by atoms with Gasteiger partial charge in [-0.25, -0.2) is 0 Å². The summed E-state index contributed by atoms with van der Waals surface area (Å²) in [5.41, 5.74) is 9.28. The van der Waals surface area contributed by atoms with Gasteiger partial charge in [-0.1, -0.05) is 97.1 Å². The molecule has 0 aliphatic carbocycles. The SMILES string of the molecule is OB(O)c1cc(-n2c3ccccc3c3ccc(-c4ccc5c6ccccc6n(-c6ccccc6)c5c4)cc32)cc2c1sc1ccccc12. The van der Waals surface area contributed by atoms with Gasteiger partial charge in [-0.2, -0.15) is 0 Å². The molecule has 48 heavy (non-hydrogen) atoms. The van der Waals surface area contributed by atoms with E-state index in [4.69, 9.17) is 0 Å². The minimum Gasteiger partial charge on any atom is -0.423 e. The number of aromatic nitrogens is 2. The van der Waals surface area contributed by atoms with E-state index in [0.29, 0.717) is 5.46 Å². The predicted octanol–water partition coefficient (Wildman–Crippen LogP) is 9.60. The topological polar surface area (TPSA) is 50.3 Å². The fraction of sp³-hybridized carbons (Fsp3) is 0. The molecule has 226 valence electrons. The highest BCUT2D eigenvalue weighted by molar-refractivity contribution is 7.27. The minimum absolute atomic E-state index is 0.518. The third-order valence-corrected chi connectivity index (χ3v) is 11.0. The van der Waals surface area contributed by atoms with Crippen LogP contribution in [0, 0.1) is 0 Å². The molecular weight excluding hydrogens is 607 g/mol. The molecule has 0 atom stereocenters. The Kier molecular flexibility index (Phi) is 5.96. The molecule has 0 bridgehead atoms. The third-order valence-electron chi connectivity index (χ3n) is 9.72. The molecule has 2 N–H and O–H groups in total. The van der Waals surface area contributed by atoms with Gasteiger partial charge >= 0.3 is 7.12 Å². The Bertz CT molecular complexity index is 2880. The van der Waals surface area contributed by atoms with E-state index in [0.717, 1.165) is 70.0 Å². The second-order valence-electron chi connectivity index (χ2n) is 12.4. The van der Waals surface area contributed by atoms with Crippen molar-refractivity contribution in [2.75, 3.05) is 0 Å². The normalized spacial score (nSPS) is 12.0. The lowest BCUT2D eigenvalue weighted by Gasteiger charge is -2.13. The van der Waals surface area contributed by atoms with E-state index in [9.17, 15) is 10.0 Å². The average molecular weight is 635 g/mol. The minimum atomic E-state index is -1.59. The van der Waals surface area contributed by atoms with Crippen LogP contribution >= 0.6 is 11.3 Å². The van der Waals surface area contributed by atoms with E-state index < -0.39 is 7.12 Å². The first kappa shape index (κ1) is 27.5. The number of para-hydroxylation sites is 3. The number of thiophene rings is 1. The maximum atomic E-state index is 10.6. The van der Waals surface area contributed by atoms with Gasteiger partial charge in [0.2, 0.25) is 0 Å². The first-order valence-electron chi connectivity index (χ1n) is 16.1. The van der Waals surface area contributed by atoms with Gasteiger partial charge in [-0.3, -0.25) is 0 Å². The Hall–Kier alpha value is -5.66. The zero-order chi connectivity index (χ0) is 31.9. The molecular formula is C42H27BN2O2S. The number of benzene rings is 7. The van der Waals surface area contributed by atoms with Gasteiger partial charge in [0.25, 0.3) is 0 Å². The highest BCUT2D eigenvalue weighted by Crippen LogP contribution is 2.40. The lowest BCUT2D eigenvalue weighted by Crippen LogP contribution is -2.30. The summed E-state index contributed by atoms with van der Waals surface area (Å²) in [7, 11) is -1.59. The Morgan fingerprint density at radius 1 is 0.417 bits per heavy atom. The first-order chi connectivity index (χ1) is 23.6. The Morgan fingerprint density at radius 2 is 0.938 bits per heavy atom. The van der Waals surface area contributed by atoms with Crippen molar-refractivity contribution < 1.29 is 10.0 Å². The van der Waals surface area contributed by atoms with Crippen molar-refractivity contribution >= 4 is 87.7 Å². The van der Waals surface area contributed by atoms with Gasteiger partial charge < -0.3 is 19.2 Å². The summed E-state index contributed by atoms with van der Waals surface area (Å²) in [5, 5.41) is 28.1. The van der Waals surface area contributed by atoms with Crippen LogP contribution in [-0.4, -0.2) is 26.3 Å². The molecule has 10 rings (SSSR count). The van der Waals surface area contributed by atoms with Crippen molar-refractivity contribution in [1.29, 1.82) is 0 Å². The molecule has 10 aromatic rings. The van der Waals surface area contributed by atoms with Crippen LogP contribution in [0.2, 0.25) is 0 Å². The molecule has 0 aliphatic rings. The molecule has 0 radical (unpaired) electrons. The second kappa shape index (κ2) is 10.4. The van der Waals surface area contributed by atoms with Gasteiger partial charge in [-0.15, -0.1) is 11.3 Å². The number of fused-ring (bicyclic) bond motifs is 9. The van der Waals surface area contributed by atoms with Gasteiger partial charge in [0.15, 0.2) is 0 Å².